The minimum atomic E-state index is -0.444. The molecule has 0 saturated carbocycles. The third-order valence-electron chi connectivity index (χ3n) is 2.03. The molecular weight excluding hydrogens is 232 g/mol. The molecule has 0 saturated heterocycles. The highest BCUT2D eigenvalue weighted by atomic mass is 79.9. The van der Waals surface area contributed by atoms with Crippen molar-refractivity contribution in [1.82, 2.24) is 5.48 Å². The van der Waals surface area contributed by atoms with Crippen molar-refractivity contribution in [2.45, 2.75) is 12.6 Å². The van der Waals surface area contributed by atoms with Crippen molar-refractivity contribution < 1.29 is 4.84 Å². The Hall–Kier alpha value is -0.870. The van der Waals surface area contributed by atoms with Gasteiger partial charge in [-0.05, 0) is 24.6 Å². The van der Waals surface area contributed by atoms with Crippen molar-refractivity contribution in [3.8, 4) is 0 Å². The zero-order chi connectivity index (χ0) is 9.31. The summed E-state index contributed by atoms with van der Waals surface area (Å²) in [7, 11) is 0. The van der Waals surface area contributed by atoms with E-state index >= 15 is 0 Å². The summed E-state index contributed by atoms with van der Waals surface area (Å²) >= 11 is 3.38. The molecule has 2 rings (SSSR count). The SMILES string of the molecule is CC1(c2ccc(Br)cc2)N=CON1. The molecule has 3 nitrogen and oxygen atoms in total. The van der Waals surface area contributed by atoms with Crippen LogP contribution < -0.4 is 5.48 Å². The average molecular weight is 241 g/mol. The zero-order valence-corrected chi connectivity index (χ0v) is 8.71. The standard InChI is InChI=1S/C9H9BrN2O/c1-9(11-6-13-12-9)7-2-4-8(10)5-3-7/h2-6,12H,1H3. The van der Waals surface area contributed by atoms with Gasteiger partial charge < -0.3 is 4.84 Å². The van der Waals surface area contributed by atoms with Gasteiger partial charge in [-0.15, -0.1) is 5.48 Å². The molecule has 1 aromatic rings. The van der Waals surface area contributed by atoms with E-state index < -0.39 is 5.66 Å². The second kappa shape index (κ2) is 3.12. The highest BCUT2D eigenvalue weighted by molar-refractivity contribution is 9.10. The second-order valence-corrected chi connectivity index (χ2v) is 3.95. The molecule has 0 spiro atoms. The van der Waals surface area contributed by atoms with Crippen molar-refractivity contribution in [3.63, 3.8) is 0 Å². The molecule has 0 fully saturated rings. The Labute approximate surface area is 84.9 Å². The molecule has 0 aliphatic carbocycles. The molecule has 68 valence electrons. The van der Waals surface area contributed by atoms with Crippen LogP contribution in [0.4, 0.5) is 0 Å². The number of aliphatic imine (C=N–C) groups is 1. The van der Waals surface area contributed by atoms with Gasteiger partial charge in [0.2, 0.25) is 0 Å². The van der Waals surface area contributed by atoms with E-state index in [1.807, 2.05) is 31.2 Å². The Morgan fingerprint density at radius 3 is 2.62 bits per heavy atom. The van der Waals surface area contributed by atoms with Crippen LogP contribution >= 0.6 is 15.9 Å². The van der Waals surface area contributed by atoms with Crippen LogP contribution in [-0.4, -0.2) is 6.40 Å². The summed E-state index contributed by atoms with van der Waals surface area (Å²) in [6, 6.07) is 7.97. The van der Waals surface area contributed by atoms with E-state index in [1.54, 1.807) is 0 Å². The van der Waals surface area contributed by atoms with Crippen LogP contribution in [-0.2, 0) is 10.5 Å². The molecule has 1 aromatic carbocycles. The minimum Gasteiger partial charge on any atom is -0.394 e. The van der Waals surface area contributed by atoms with Gasteiger partial charge >= 0.3 is 0 Å². The smallest absolute Gasteiger partial charge is 0.198 e. The maximum Gasteiger partial charge on any atom is 0.198 e. The number of hydrogen-bond acceptors (Lipinski definition) is 3. The van der Waals surface area contributed by atoms with Crippen molar-refractivity contribution in [2.24, 2.45) is 4.99 Å². The molecular formula is C9H9BrN2O. The average Bonchev–Trinajstić information content (AvgIpc) is 2.54. The summed E-state index contributed by atoms with van der Waals surface area (Å²) in [5, 5.41) is 0. The van der Waals surface area contributed by atoms with Crippen LogP contribution in [0.3, 0.4) is 0 Å². The number of nitrogens with one attached hydrogen (secondary N) is 1. The lowest BCUT2D eigenvalue weighted by Gasteiger charge is -2.19. The first-order valence-corrected chi connectivity index (χ1v) is 4.72. The van der Waals surface area contributed by atoms with E-state index in [-0.39, 0.29) is 0 Å². The largest absolute Gasteiger partial charge is 0.394 e. The molecule has 0 amide bonds. The fraction of sp³-hybridized carbons (Fsp3) is 0.222. The highest BCUT2D eigenvalue weighted by Crippen LogP contribution is 2.25. The highest BCUT2D eigenvalue weighted by Gasteiger charge is 2.28. The molecule has 1 unspecified atom stereocenters. The van der Waals surface area contributed by atoms with E-state index in [0.29, 0.717) is 0 Å². The fourth-order valence-corrected chi connectivity index (χ4v) is 1.47. The Morgan fingerprint density at radius 1 is 1.38 bits per heavy atom. The Bertz CT molecular complexity index is 336. The van der Waals surface area contributed by atoms with E-state index in [0.717, 1.165) is 10.0 Å². The topological polar surface area (TPSA) is 33.6 Å². The second-order valence-electron chi connectivity index (χ2n) is 3.03. The Balaban J connectivity index is 2.35. The number of halogens is 1. The molecule has 1 atom stereocenters. The first kappa shape index (κ1) is 8.72. The monoisotopic (exact) mass is 240 g/mol. The maximum absolute atomic E-state index is 4.89. The van der Waals surface area contributed by atoms with Gasteiger partial charge in [0, 0.05) is 4.47 Å². The third-order valence-corrected chi connectivity index (χ3v) is 2.56. The van der Waals surface area contributed by atoms with E-state index in [4.69, 9.17) is 4.84 Å². The van der Waals surface area contributed by atoms with Crippen LogP contribution in [0.25, 0.3) is 0 Å². The van der Waals surface area contributed by atoms with Gasteiger partial charge in [0.15, 0.2) is 12.1 Å². The molecule has 1 aliphatic heterocycles. The number of rotatable bonds is 1. The molecule has 1 aliphatic rings. The predicted octanol–water partition coefficient (Wildman–Crippen LogP) is 2.18. The van der Waals surface area contributed by atoms with E-state index in [1.165, 1.54) is 6.40 Å². The lowest BCUT2D eigenvalue weighted by molar-refractivity contribution is 0.135. The Morgan fingerprint density at radius 2 is 2.08 bits per heavy atom. The van der Waals surface area contributed by atoms with Crippen molar-refractivity contribution in [3.05, 3.63) is 34.3 Å². The summed E-state index contributed by atoms with van der Waals surface area (Å²) in [5.74, 6) is 0. The van der Waals surface area contributed by atoms with Crippen LogP contribution in [0.15, 0.2) is 33.7 Å². The van der Waals surface area contributed by atoms with Gasteiger partial charge in [0.05, 0.1) is 0 Å². The maximum atomic E-state index is 4.89. The van der Waals surface area contributed by atoms with Gasteiger partial charge in [-0.2, -0.15) is 0 Å². The molecule has 1 heterocycles. The normalized spacial score (nSPS) is 26.0. The summed E-state index contributed by atoms with van der Waals surface area (Å²) in [6.07, 6.45) is 1.42. The van der Waals surface area contributed by atoms with Gasteiger partial charge in [0.1, 0.15) is 0 Å². The number of nitrogens with zero attached hydrogens (tertiary/aromatic N) is 1. The van der Waals surface area contributed by atoms with Gasteiger partial charge in [-0.1, -0.05) is 28.1 Å². The van der Waals surface area contributed by atoms with Crippen LogP contribution in [0.2, 0.25) is 0 Å². The molecule has 0 aromatic heterocycles. The van der Waals surface area contributed by atoms with Crippen molar-refractivity contribution in [2.75, 3.05) is 0 Å². The first-order valence-electron chi connectivity index (χ1n) is 3.93. The number of hydroxylamine groups is 1. The van der Waals surface area contributed by atoms with Crippen LogP contribution in [0.5, 0.6) is 0 Å². The first-order chi connectivity index (χ1) is 6.21. The minimum absolute atomic E-state index is 0.444. The fourth-order valence-electron chi connectivity index (χ4n) is 1.21. The lowest BCUT2D eigenvalue weighted by atomic mass is 10.0. The molecule has 13 heavy (non-hydrogen) atoms. The van der Waals surface area contributed by atoms with Gasteiger partial charge in [-0.25, -0.2) is 4.99 Å². The van der Waals surface area contributed by atoms with Crippen molar-refractivity contribution >= 4 is 22.3 Å². The summed E-state index contributed by atoms with van der Waals surface area (Å²) < 4.78 is 1.06. The molecule has 4 heteroatoms. The molecule has 0 bridgehead atoms. The predicted molar refractivity (Wildman–Crippen MR) is 54.2 cm³/mol. The van der Waals surface area contributed by atoms with Gasteiger partial charge in [0.25, 0.3) is 0 Å². The molecule has 1 N–H and O–H groups in total. The van der Waals surface area contributed by atoms with Crippen molar-refractivity contribution in [1.29, 1.82) is 0 Å². The number of hydrogen-bond donors (Lipinski definition) is 1. The molecule has 0 radical (unpaired) electrons. The lowest BCUT2D eigenvalue weighted by Crippen LogP contribution is -2.32. The quantitative estimate of drug-likeness (QED) is 0.817. The van der Waals surface area contributed by atoms with E-state index in [9.17, 15) is 0 Å². The third kappa shape index (κ3) is 1.59. The zero-order valence-electron chi connectivity index (χ0n) is 7.12. The Kier molecular flexibility index (Phi) is 2.09. The van der Waals surface area contributed by atoms with Gasteiger partial charge in [-0.3, -0.25) is 0 Å². The van der Waals surface area contributed by atoms with Crippen LogP contribution in [0, 0.1) is 0 Å². The van der Waals surface area contributed by atoms with Crippen LogP contribution in [0.1, 0.15) is 12.5 Å². The summed E-state index contributed by atoms with van der Waals surface area (Å²) in [5.41, 5.74) is 3.46. The van der Waals surface area contributed by atoms with E-state index in [2.05, 4.69) is 26.4 Å². The summed E-state index contributed by atoms with van der Waals surface area (Å²) in [4.78, 5) is 9.09. The number of benzene rings is 1. The summed E-state index contributed by atoms with van der Waals surface area (Å²) in [6.45, 7) is 1.96.